The number of imidazole rings is 1. The van der Waals surface area contributed by atoms with Crippen molar-refractivity contribution in [3.8, 4) is 0 Å². The van der Waals surface area contributed by atoms with E-state index >= 15 is 0 Å². The first-order chi connectivity index (χ1) is 11.2. The van der Waals surface area contributed by atoms with Crippen LogP contribution in [-0.4, -0.2) is 22.9 Å². The summed E-state index contributed by atoms with van der Waals surface area (Å²) in [5.41, 5.74) is 3.59. The predicted octanol–water partition coefficient (Wildman–Crippen LogP) is 2.69. The summed E-state index contributed by atoms with van der Waals surface area (Å²) in [5.74, 6) is 1.19. The van der Waals surface area contributed by atoms with Crippen LogP contribution in [0, 0.1) is 0 Å². The highest BCUT2D eigenvalue weighted by Crippen LogP contribution is 2.29. The number of hydrogen-bond donors (Lipinski definition) is 1. The molecule has 1 aromatic heterocycles. The first-order valence-corrected chi connectivity index (χ1v) is 8.28. The SMILES string of the molecule is CCn1c(CO)[n+](CC)c2ccc([C@H]3C=CC=CC3OC)cc21. The first kappa shape index (κ1) is 16.0. The summed E-state index contributed by atoms with van der Waals surface area (Å²) >= 11 is 0. The molecule has 0 saturated carbocycles. The summed E-state index contributed by atoms with van der Waals surface area (Å²) in [6.07, 6.45) is 8.47. The Balaban J connectivity index is 2.15. The maximum atomic E-state index is 9.78. The van der Waals surface area contributed by atoms with Gasteiger partial charge in [-0.15, -0.1) is 0 Å². The van der Waals surface area contributed by atoms with Gasteiger partial charge in [-0.05, 0) is 31.5 Å². The molecule has 0 bridgehead atoms. The number of allylic oxidation sites excluding steroid dienone is 2. The summed E-state index contributed by atoms with van der Waals surface area (Å²) in [4.78, 5) is 0. The number of aliphatic hydroxyl groups is 1. The second kappa shape index (κ2) is 6.69. The Kier molecular flexibility index (Phi) is 4.64. The van der Waals surface area contributed by atoms with E-state index in [-0.39, 0.29) is 18.6 Å². The topological polar surface area (TPSA) is 38.3 Å². The van der Waals surface area contributed by atoms with Crippen molar-refractivity contribution >= 4 is 11.0 Å². The Bertz CT molecular complexity index is 758. The van der Waals surface area contributed by atoms with Crippen LogP contribution in [0.4, 0.5) is 0 Å². The normalized spacial score (nSPS) is 20.5. The molecule has 0 aliphatic heterocycles. The zero-order chi connectivity index (χ0) is 16.4. The van der Waals surface area contributed by atoms with Crippen molar-refractivity contribution in [1.29, 1.82) is 0 Å². The van der Waals surface area contributed by atoms with E-state index in [2.05, 4.69) is 59.4 Å². The van der Waals surface area contributed by atoms with Gasteiger partial charge in [-0.1, -0.05) is 30.4 Å². The standard InChI is InChI=1S/C19H25N2O2/c1-4-20-16-11-10-14(15-8-6-7-9-18(15)23-3)12-17(16)21(5-2)19(20)13-22/h6-12,15,18,22H,4-5,13H2,1-3H3/q+1/t15-,18?/m1/s1. The van der Waals surface area contributed by atoms with Crippen molar-refractivity contribution in [2.24, 2.45) is 0 Å². The molecule has 0 saturated heterocycles. The summed E-state index contributed by atoms with van der Waals surface area (Å²) in [6.45, 7) is 5.98. The molecule has 1 aliphatic rings. The van der Waals surface area contributed by atoms with Gasteiger partial charge >= 0.3 is 0 Å². The van der Waals surface area contributed by atoms with Crippen LogP contribution in [0.5, 0.6) is 0 Å². The molecule has 122 valence electrons. The largest absolute Gasteiger partial charge is 0.384 e. The molecule has 0 fully saturated rings. The average Bonchev–Trinajstić information content (AvgIpc) is 2.93. The minimum Gasteiger partial charge on any atom is -0.384 e. The van der Waals surface area contributed by atoms with Gasteiger partial charge in [-0.25, -0.2) is 9.13 Å². The van der Waals surface area contributed by atoms with Crippen LogP contribution in [0.2, 0.25) is 0 Å². The number of ether oxygens (including phenoxy) is 1. The Morgan fingerprint density at radius 3 is 2.65 bits per heavy atom. The van der Waals surface area contributed by atoms with Gasteiger partial charge in [0.15, 0.2) is 11.0 Å². The van der Waals surface area contributed by atoms with E-state index in [0.717, 1.165) is 18.9 Å². The smallest absolute Gasteiger partial charge is 0.283 e. The van der Waals surface area contributed by atoms with Crippen molar-refractivity contribution in [2.75, 3.05) is 7.11 Å². The summed E-state index contributed by atoms with van der Waals surface area (Å²) in [7, 11) is 1.75. The van der Waals surface area contributed by atoms with Gasteiger partial charge in [0.1, 0.15) is 6.61 Å². The number of fused-ring (bicyclic) bond motifs is 1. The fraction of sp³-hybridized carbons (Fsp3) is 0.421. The van der Waals surface area contributed by atoms with Crippen LogP contribution in [-0.2, 0) is 24.4 Å². The molecule has 1 aromatic carbocycles. The number of hydrogen-bond acceptors (Lipinski definition) is 2. The van der Waals surface area contributed by atoms with Gasteiger partial charge in [0.05, 0.1) is 19.2 Å². The van der Waals surface area contributed by atoms with Gasteiger partial charge in [0, 0.05) is 13.0 Å². The van der Waals surface area contributed by atoms with E-state index in [1.807, 2.05) is 6.08 Å². The van der Waals surface area contributed by atoms with Crippen molar-refractivity contribution in [2.45, 2.75) is 45.6 Å². The average molecular weight is 313 g/mol. The highest BCUT2D eigenvalue weighted by atomic mass is 16.5. The van der Waals surface area contributed by atoms with Crippen LogP contribution >= 0.6 is 0 Å². The van der Waals surface area contributed by atoms with Crippen molar-refractivity contribution in [3.05, 3.63) is 53.9 Å². The highest BCUT2D eigenvalue weighted by molar-refractivity contribution is 5.74. The molecule has 1 heterocycles. The maximum Gasteiger partial charge on any atom is 0.283 e. The molecule has 0 amide bonds. The molecule has 0 radical (unpaired) electrons. The monoisotopic (exact) mass is 313 g/mol. The molecule has 1 aliphatic carbocycles. The first-order valence-electron chi connectivity index (χ1n) is 8.28. The zero-order valence-corrected chi connectivity index (χ0v) is 14.1. The zero-order valence-electron chi connectivity index (χ0n) is 14.1. The lowest BCUT2D eigenvalue weighted by Gasteiger charge is -2.23. The number of aryl methyl sites for hydroxylation is 2. The molecule has 1 N–H and O–H groups in total. The lowest BCUT2D eigenvalue weighted by atomic mass is 9.90. The summed E-state index contributed by atoms with van der Waals surface area (Å²) in [6, 6.07) is 6.58. The van der Waals surface area contributed by atoms with E-state index in [9.17, 15) is 5.11 Å². The van der Waals surface area contributed by atoms with E-state index in [1.54, 1.807) is 7.11 Å². The summed E-state index contributed by atoms with van der Waals surface area (Å²) in [5, 5.41) is 9.78. The van der Waals surface area contributed by atoms with Crippen LogP contribution in [0.15, 0.2) is 42.5 Å². The fourth-order valence-electron chi connectivity index (χ4n) is 3.61. The number of aromatic nitrogens is 2. The predicted molar refractivity (Wildman–Crippen MR) is 91.2 cm³/mol. The number of rotatable bonds is 5. The number of benzene rings is 1. The quantitative estimate of drug-likeness (QED) is 0.862. The van der Waals surface area contributed by atoms with E-state index < -0.39 is 0 Å². The highest BCUT2D eigenvalue weighted by Gasteiger charge is 2.26. The number of methoxy groups -OCH3 is 1. The van der Waals surface area contributed by atoms with Gasteiger partial charge in [0.25, 0.3) is 5.82 Å². The van der Waals surface area contributed by atoms with Crippen LogP contribution in [0.3, 0.4) is 0 Å². The second-order valence-electron chi connectivity index (χ2n) is 5.81. The molecule has 4 heteroatoms. The third-order valence-corrected chi connectivity index (χ3v) is 4.72. The van der Waals surface area contributed by atoms with Crippen LogP contribution in [0.1, 0.15) is 31.2 Å². The summed E-state index contributed by atoms with van der Waals surface area (Å²) < 4.78 is 10.00. The molecule has 1 unspecified atom stereocenters. The minimum atomic E-state index is 0.0540. The lowest BCUT2D eigenvalue weighted by Crippen LogP contribution is -2.36. The maximum absolute atomic E-state index is 9.78. The molecular formula is C19H25N2O2+. The van der Waals surface area contributed by atoms with Crippen molar-refractivity contribution in [3.63, 3.8) is 0 Å². The van der Waals surface area contributed by atoms with Crippen molar-refractivity contribution in [1.82, 2.24) is 4.57 Å². The van der Waals surface area contributed by atoms with Gasteiger partial charge < -0.3 is 9.84 Å². The molecule has 23 heavy (non-hydrogen) atoms. The second-order valence-corrected chi connectivity index (χ2v) is 5.81. The van der Waals surface area contributed by atoms with Gasteiger partial charge in [-0.2, -0.15) is 0 Å². The molecule has 0 spiro atoms. The molecular weight excluding hydrogens is 288 g/mol. The minimum absolute atomic E-state index is 0.0540. The van der Waals surface area contributed by atoms with Gasteiger partial charge in [-0.3, -0.25) is 0 Å². The van der Waals surface area contributed by atoms with Gasteiger partial charge in [0.2, 0.25) is 0 Å². The van der Waals surface area contributed by atoms with Crippen LogP contribution < -0.4 is 4.57 Å². The van der Waals surface area contributed by atoms with Crippen molar-refractivity contribution < 1.29 is 14.4 Å². The van der Waals surface area contributed by atoms with E-state index in [4.69, 9.17) is 4.74 Å². The lowest BCUT2D eigenvalue weighted by molar-refractivity contribution is -0.678. The third-order valence-electron chi connectivity index (χ3n) is 4.72. The Hall–Kier alpha value is -1.91. The molecule has 2 aromatic rings. The van der Waals surface area contributed by atoms with E-state index in [1.165, 1.54) is 16.6 Å². The third kappa shape index (κ3) is 2.62. The molecule has 4 nitrogen and oxygen atoms in total. The Morgan fingerprint density at radius 1 is 1.22 bits per heavy atom. The number of aliphatic hydroxyl groups excluding tert-OH is 1. The molecule has 3 rings (SSSR count). The fourth-order valence-corrected chi connectivity index (χ4v) is 3.61. The van der Waals surface area contributed by atoms with Crippen LogP contribution in [0.25, 0.3) is 11.0 Å². The Morgan fingerprint density at radius 2 is 2.00 bits per heavy atom. The molecule has 2 atom stereocenters. The van der Waals surface area contributed by atoms with E-state index in [0.29, 0.717) is 0 Å². The number of nitrogens with zero attached hydrogens (tertiary/aromatic N) is 2. The Labute approximate surface area is 137 Å².